The van der Waals surface area contributed by atoms with E-state index >= 15 is 0 Å². The number of allylic oxidation sites excluding steroid dienone is 4. The molecule has 0 spiro atoms. The Balaban J connectivity index is 1.96. The standard InChI is InChI=1S/C22H31ClN2/c1-4-18-15-22(24-13-7-6-8-14-24)20(23)16-21(18)25(5-2)19-11-9-17(3)10-12-19/h9,11,15-16H,4-8,10,12-14H2,1-3H3. The Morgan fingerprint density at radius 1 is 1.04 bits per heavy atom. The van der Waals surface area contributed by atoms with Crippen LogP contribution in [0.2, 0.25) is 5.02 Å². The summed E-state index contributed by atoms with van der Waals surface area (Å²) in [6.45, 7) is 9.94. The zero-order valence-electron chi connectivity index (χ0n) is 15.9. The maximum Gasteiger partial charge on any atom is 0.0660 e. The van der Waals surface area contributed by atoms with E-state index in [4.69, 9.17) is 11.6 Å². The summed E-state index contributed by atoms with van der Waals surface area (Å²) < 4.78 is 0. The van der Waals surface area contributed by atoms with E-state index in [1.807, 2.05) is 0 Å². The molecule has 1 aromatic carbocycles. The first kappa shape index (κ1) is 18.4. The second kappa shape index (κ2) is 8.31. The molecule has 0 radical (unpaired) electrons. The highest BCUT2D eigenvalue weighted by molar-refractivity contribution is 6.33. The first-order chi connectivity index (χ1) is 12.1. The molecule has 2 nitrogen and oxygen atoms in total. The van der Waals surface area contributed by atoms with Crippen molar-refractivity contribution in [3.05, 3.63) is 46.1 Å². The fourth-order valence-corrected chi connectivity index (χ4v) is 4.27. The van der Waals surface area contributed by atoms with Gasteiger partial charge in [-0.15, -0.1) is 0 Å². The minimum Gasteiger partial charge on any atom is -0.370 e. The average Bonchev–Trinajstić information content (AvgIpc) is 2.65. The summed E-state index contributed by atoms with van der Waals surface area (Å²) in [5.41, 5.74) is 6.79. The van der Waals surface area contributed by atoms with E-state index in [9.17, 15) is 0 Å². The predicted octanol–water partition coefficient (Wildman–Crippen LogP) is 6.34. The fourth-order valence-electron chi connectivity index (χ4n) is 3.99. The molecule has 136 valence electrons. The predicted molar refractivity (Wildman–Crippen MR) is 111 cm³/mol. The van der Waals surface area contributed by atoms with E-state index in [1.54, 1.807) is 0 Å². The molecule has 2 aliphatic rings. The second-order valence-electron chi connectivity index (χ2n) is 7.25. The number of benzene rings is 1. The molecule has 0 bridgehead atoms. The van der Waals surface area contributed by atoms with Crippen LogP contribution in [0.1, 0.15) is 58.4 Å². The van der Waals surface area contributed by atoms with Crippen molar-refractivity contribution in [1.29, 1.82) is 0 Å². The largest absolute Gasteiger partial charge is 0.370 e. The van der Waals surface area contributed by atoms with Gasteiger partial charge in [-0.1, -0.05) is 30.2 Å². The highest BCUT2D eigenvalue weighted by Crippen LogP contribution is 2.37. The lowest BCUT2D eigenvalue weighted by Crippen LogP contribution is -2.30. The van der Waals surface area contributed by atoms with Crippen molar-refractivity contribution < 1.29 is 0 Å². The van der Waals surface area contributed by atoms with Crippen LogP contribution in [0.25, 0.3) is 0 Å². The van der Waals surface area contributed by atoms with Crippen LogP contribution in [0.4, 0.5) is 11.4 Å². The first-order valence-electron chi connectivity index (χ1n) is 9.85. The SMILES string of the molecule is CCc1cc(N2CCCCC2)c(Cl)cc1N(CC)C1=CC=C(C)CC1. The van der Waals surface area contributed by atoms with E-state index in [-0.39, 0.29) is 0 Å². The average molecular weight is 359 g/mol. The molecule has 1 fully saturated rings. The van der Waals surface area contributed by atoms with Crippen LogP contribution in [-0.2, 0) is 6.42 Å². The van der Waals surface area contributed by atoms with E-state index in [1.165, 1.54) is 47.5 Å². The summed E-state index contributed by atoms with van der Waals surface area (Å²) in [7, 11) is 0. The van der Waals surface area contributed by atoms with Crippen LogP contribution in [0.3, 0.4) is 0 Å². The Morgan fingerprint density at radius 2 is 1.80 bits per heavy atom. The number of piperidine rings is 1. The van der Waals surface area contributed by atoms with Crippen molar-refractivity contribution in [3.8, 4) is 0 Å². The number of rotatable bonds is 5. The number of hydrogen-bond acceptors (Lipinski definition) is 2. The van der Waals surface area contributed by atoms with Crippen LogP contribution in [0.15, 0.2) is 35.6 Å². The Morgan fingerprint density at radius 3 is 2.40 bits per heavy atom. The van der Waals surface area contributed by atoms with Gasteiger partial charge in [-0.3, -0.25) is 0 Å². The first-order valence-corrected chi connectivity index (χ1v) is 10.2. The Hall–Kier alpha value is -1.41. The number of anilines is 2. The zero-order chi connectivity index (χ0) is 17.8. The fraction of sp³-hybridized carbons (Fsp3) is 0.545. The molecule has 0 N–H and O–H groups in total. The third-order valence-corrected chi connectivity index (χ3v) is 5.82. The van der Waals surface area contributed by atoms with Gasteiger partial charge in [0.1, 0.15) is 0 Å². The number of hydrogen-bond donors (Lipinski definition) is 0. The van der Waals surface area contributed by atoms with Crippen molar-refractivity contribution in [2.45, 2.75) is 59.3 Å². The van der Waals surface area contributed by atoms with Crippen molar-refractivity contribution in [2.75, 3.05) is 29.4 Å². The normalized spacial score (nSPS) is 18.0. The van der Waals surface area contributed by atoms with Crippen molar-refractivity contribution in [1.82, 2.24) is 0 Å². The minimum absolute atomic E-state index is 0.899. The van der Waals surface area contributed by atoms with Crippen LogP contribution in [0.5, 0.6) is 0 Å². The molecule has 1 saturated heterocycles. The van der Waals surface area contributed by atoms with E-state index in [0.29, 0.717) is 0 Å². The van der Waals surface area contributed by atoms with Gasteiger partial charge in [0, 0.05) is 31.0 Å². The van der Waals surface area contributed by atoms with E-state index < -0.39 is 0 Å². The lowest BCUT2D eigenvalue weighted by Gasteiger charge is -2.33. The van der Waals surface area contributed by atoms with E-state index in [2.05, 4.69) is 54.9 Å². The maximum atomic E-state index is 6.76. The molecule has 3 rings (SSSR count). The zero-order valence-corrected chi connectivity index (χ0v) is 16.7. The molecule has 0 aromatic heterocycles. The number of halogens is 1. The molecule has 3 heteroatoms. The van der Waals surface area contributed by atoms with Gasteiger partial charge >= 0.3 is 0 Å². The number of aryl methyl sites for hydroxylation is 1. The lowest BCUT2D eigenvalue weighted by atomic mass is 10.0. The summed E-state index contributed by atoms with van der Waals surface area (Å²) in [4.78, 5) is 4.92. The highest BCUT2D eigenvalue weighted by atomic mass is 35.5. The summed E-state index contributed by atoms with van der Waals surface area (Å²) in [5, 5.41) is 0.899. The topological polar surface area (TPSA) is 6.48 Å². The maximum absolute atomic E-state index is 6.76. The molecule has 1 aliphatic carbocycles. The molecule has 1 aliphatic heterocycles. The van der Waals surface area contributed by atoms with Crippen molar-refractivity contribution in [3.63, 3.8) is 0 Å². The summed E-state index contributed by atoms with van der Waals surface area (Å²) in [5.74, 6) is 0. The van der Waals surface area contributed by atoms with Gasteiger partial charge in [0.2, 0.25) is 0 Å². The van der Waals surface area contributed by atoms with Gasteiger partial charge in [-0.25, -0.2) is 0 Å². The van der Waals surface area contributed by atoms with Crippen molar-refractivity contribution in [2.24, 2.45) is 0 Å². The van der Waals surface area contributed by atoms with Crippen LogP contribution >= 0.6 is 11.6 Å². The second-order valence-corrected chi connectivity index (χ2v) is 7.66. The van der Waals surface area contributed by atoms with Gasteiger partial charge in [-0.05, 0) is 76.1 Å². The quantitative estimate of drug-likeness (QED) is 0.605. The third-order valence-electron chi connectivity index (χ3n) is 5.52. The van der Waals surface area contributed by atoms with Gasteiger partial charge in [0.05, 0.1) is 10.7 Å². The molecule has 1 aromatic rings. The lowest BCUT2D eigenvalue weighted by molar-refractivity contribution is 0.578. The van der Waals surface area contributed by atoms with Gasteiger partial charge in [0.15, 0.2) is 0 Å². The summed E-state index contributed by atoms with van der Waals surface area (Å²) in [6.07, 6.45) is 11.8. The molecule has 0 amide bonds. The third kappa shape index (κ3) is 4.06. The molecule has 0 unspecified atom stereocenters. The van der Waals surface area contributed by atoms with Gasteiger partial charge < -0.3 is 9.80 Å². The summed E-state index contributed by atoms with van der Waals surface area (Å²) >= 11 is 6.76. The summed E-state index contributed by atoms with van der Waals surface area (Å²) in [6, 6.07) is 4.55. The smallest absolute Gasteiger partial charge is 0.0660 e. The van der Waals surface area contributed by atoms with Crippen LogP contribution < -0.4 is 9.80 Å². The van der Waals surface area contributed by atoms with Crippen molar-refractivity contribution >= 4 is 23.0 Å². The van der Waals surface area contributed by atoms with Gasteiger partial charge in [0.25, 0.3) is 0 Å². The molecule has 0 saturated carbocycles. The number of nitrogens with zero attached hydrogens (tertiary/aromatic N) is 2. The molecular formula is C22H31ClN2. The Kier molecular flexibility index (Phi) is 6.11. The molecule has 25 heavy (non-hydrogen) atoms. The van der Waals surface area contributed by atoms with Crippen LogP contribution in [0, 0.1) is 0 Å². The highest BCUT2D eigenvalue weighted by Gasteiger charge is 2.20. The minimum atomic E-state index is 0.899. The Labute approximate surface area is 158 Å². The van der Waals surface area contributed by atoms with Crippen LogP contribution in [-0.4, -0.2) is 19.6 Å². The molecule has 1 heterocycles. The Bertz CT molecular complexity index is 669. The monoisotopic (exact) mass is 358 g/mol. The molecular weight excluding hydrogens is 328 g/mol. The van der Waals surface area contributed by atoms with Gasteiger partial charge in [-0.2, -0.15) is 0 Å². The molecule has 0 atom stereocenters. The van der Waals surface area contributed by atoms with E-state index in [0.717, 1.165) is 43.9 Å².